The highest BCUT2D eigenvalue weighted by molar-refractivity contribution is 7.13. The van der Waals surface area contributed by atoms with Gasteiger partial charge in [-0.3, -0.25) is 13.9 Å². The Hall–Kier alpha value is -2.23. The fraction of sp³-hybridized carbons (Fsp3) is 0.500. The van der Waals surface area contributed by atoms with Crippen LogP contribution in [0.4, 0.5) is 0 Å². The molecule has 9 heteroatoms. The number of thiazole rings is 1. The van der Waals surface area contributed by atoms with E-state index in [4.69, 9.17) is 9.47 Å². The minimum absolute atomic E-state index is 0.150. The van der Waals surface area contributed by atoms with Gasteiger partial charge in [-0.25, -0.2) is 9.78 Å². The summed E-state index contributed by atoms with van der Waals surface area (Å²) in [4.78, 5) is 29.8. The lowest BCUT2D eigenvalue weighted by Gasteiger charge is -2.18. The van der Waals surface area contributed by atoms with E-state index < -0.39 is 5.79 Å². The van der Waals surface area contributed by atoms with Crippen molar-refractivity contribution in [1.29, 1.82) is 0 Å². The van der Waals surface area contributed by atoms with Crippen LogP contribution < -0.4 is 11.2 Å². The van der Waals surface area contributed by atoms with Crippen LogP contribution in [0.5, 0.6) is 0 Å². The van der Waals surface area contributed by atoms with Crippen LogP contribution in [0, 0.1) is 6.92 Å². The first-order valence-electron chi connectivity index (χ1n) is 8.71. The first-order valence-corrected chi connectivity index (χ1v) is 9.59. The molecule has 0 aromatic carbocycles. The van der Waals surface area contributed by atoms with Crippen molar-refractivity contribution in [2.75, 3.05) is 6.61 Å². The largest absolute Gasteiger partial charge is 0.348 e. The van der Waals surface area contributed by atoms with Crippen molar-refractivity contribution in [2.24, 2.45) is 14.1 Å². The molecule has 1 fully saturated rings. The van der Waals surface area contributed by atoms with Gasteiger partial charge in [-0.15, -0.1) is 11.3 Å². The van der Waals surface area contributed by atoms with Crippen LogP contribution in [0.2, 0.25) is 0 Å². The zero-order valence-corrected chi connectivity index (χ0v) is 16.8. The average Bonchev–Trinajstić information content (AvgIpc) is 3.28. The van der Waals surface area contributed by atoms with Crippen molar-refractivity contribution >= 4 is 22.2 Å². The standard InChI is InChI=1S/C18H22N4O4S/c1-10-9-27-15(19-10)14-13-12(20(4)17(24)21(5)16(13)23)7-22(14)6-11-8-25-18(2,3)26-11/h7,9,11H,6,8H2,1-5H3. The van der Waals surface area contributed by atoms with Gasteiger partial charge in [0, 0.05) is 31.4 Å². The number of fused-ring (bicyclic) bond motifs is 1. The van der Waals surface area contributed by atoms with Gasteiger partial charge in [-0.05, 0) is 20.8 Å². The lowest BCUT2D eigenvalue weighted by Crippen LogP contribution is -2.36. The quantitative estimate of drug-likeness (QED) is 0.679. The zero-order valence-electron chi connectivity index (χ0n) is 16.0. The fourth-order valence-electron chi connectivity index (χ4n) is 3.50. The molecular weight excluding hydrogens is 368 g/mol. The van der Waals surface area contributed by atoms with Gasteiger partial charge in [-0.1, -0.05) is 0 Å². The predicted molar refractivity (Wildman–Crippen MR) is 103 cm³/mol. The van der Waals surface area contributed by atoms with Crippen LogP contribution in [0.3, 0.4) is 0 Å². The van der Waals surface area contributed by atoms with Crippen molar-refractivity contribution in [2.45, 2.75) is 39.2 Å². The van der Waals surface area contributed by atoms with Crippen molar-refractivity contribution in [3.63, 3.8) is 0 Å². The second-order valence-electron chi connectivity index (χ2n) is 7.34. The van der Waals surface area contributed by atoms with E-state index in [0.29, 0.717) is 29.7 Å². The molecule has 0 spiro atoms. The zero-order chi connectivity index (χ0) is 19.5. The highest BCUT2D eigenvalue weighted by Crippen LogP contribution is 2.32. The predicted octanol–water partition coefficient (Wildman–Crippen LogP) is 1.62. The van der Waals surface area contributed by atoms with Crippen LogP contribution in [0.15, 0.2) is 21.2 Å². The maximum atomic E-state index is 12.9. The van der Waals surface area contributed by atoms with E-state index >= 15 is 0 Å². The summed E-state index contributed by atoms with van der Waals surface area (Å²) in [5.41, 5.74) is 1.52. The SMILES string of the molecule is Cc1csc(-c2c3c(=O)n(C)c(=O)n(C)c3cn2CC2COC(C)(C)O2)n1. The number of aromatic nitrogens is 4. The fourth-order valence-corrected chi connectivity index (χ4v) is 4.36. The molecule has 0 radical (unpaired) electrons. The smallest absolute Gasteiger partial charge is 0.330 e. The molecule has 1 atom stereocenters. The number of ether oxygens (including phenoxy) is 2. The molecule has 27 heavy (non-hydrogen) atoms. The van der Waals surface area contributed by atoms with Crippen LogP contribution in [-0.2, 0) is 30.1 Å². The lowest BCUT2D eigenvalue weighted by atomic mass is 10.2. The van der Waals surface area contributed by atoms with Gasteiger partial charge in [0.05, 0.1) is 29.7 Å². The molecule has 144 valence electrons. The van der Waals surface area contributed by atoms with E-state index in [-0.39, 0.29) is 17.4 Å². The topological polar surface area (TPSA) is 80.3 Å². The van der Waals surface area contributed by atoms with Gasteiger partial charge in [0.25, 0.3) is 5.56 Å². The first kappa shape index (κ1) is 18.1. The summed E-state index contributed by atoms with van der Waals surface area (Å²) in [6.07, 6.45) is 1.68. The third-order valence-electron chi connectivity index (χ3n) is 4.80. The van der Waals surface area contributed by atoms with E-state index in [1.165, 1.54) is 23.0 Å². The van der Waals surface area contributed by atoms with Gasteiger partial charge < -0.3 is 14.0 Å². The number of nitrogens with zero attached hydrogens (tertiary/aromatic N) is 4. The minimum Gasteiger partial charge on any atom is -0.348 e. The highest BCUT2D eigenvalue weighted by atomic mass is 32.1. The van der Waals surface area contributed by atoms with Gasteiger partial charge in [0.1, 0.15) is 11.1 Å². The van der Waals surface area contributed by atoms with Gasteiger partial charge >= 0.3 is 5.69 Å². The second kappa shape index (κ2) is 6.15. The maximum Gasteiger partial charge on any atom is 0.330 e. The number of aryl methyl sites for hydroxylation is 2. The van der Waals surface area contributed by atoms with Crippen LogP contribution >= 0.6 is 11.3 Å². The molecule has 0 aliphatic carbocycles. The third-order valence-corrected chi connectivity index (χ3v) is 5.77. The Morgan fingerprint density at radius 2 is 2.04 bits per heavy atom. The van der Waals surface area contributed by atoms with Gasteiger partial charge in [0.2, 0.25) is 0 Å². The minimum atomic E-state index is -0.627. The Kier molecular flexibility index (Phi) is 4.13. The van der Waals surface area contributed by atoms with E-state index in [1.807, 2.05) is 36.9 Å². The van der Waals surface area contributed by atoms with E-state index in [0.717, 1.165) is 15.3 Å². The van der Waals surface area contributed by atoms with Crippen LogP contribution in [0.1, 0.15) is 19.5 Å². The Bertz CT molecular complexity index is 1150. The van der Waals surface area contributed by atoms with E-state index in [2.05, 4.69) is 4.98 Å². The Labute approximate surface area is 159 Å². The third kappa shape index (κ3) is 2.95. The molecular formula is C18H22N4O4S. The summed E-state index contributed by atoms with van der Waals surface area (Å²) in [6, 6.07) is 0. The maximum absolute atomic E-state index is 12.9. The summed E-state index contributed by atoms with van der Waals surface area (Å²) in [6.45, 7) is 6.64. The molecule has 1 aliphatic heterocycles. The molecule has 1 aliphatic rings. The van der Waals surface area contributed by atoms with Crippen LogP contribution in [-0.4, -0.2) is 37.2 Å². The molecule has 8 nitrogen and oxygen atoms in total. The normalized spacial score (nSPS) is 19.2. The molecule has 0 bridgehead atoms. The Morgan fingerprint density at radius 3 is 2.63 bits per heavy atom. The van der Waals surface area contributed by atoms with Crippen LogP contribution in [0.25, 0.3) is 21.6 Å². The Morgan fingerprint density at radius 1 is 1.30 bits per heavy atom. The van der Waals surface area contributed by atoms with E-state index in [1.54, 1.807) is 7.05 Å². The summed E-state index contributed by atoms with van der Waals surface area (Å²) in [7, 11) is 3.17. The van der Waals surface area contributed by atoms with Gasteiger partial charge in [-0.2, -0.15) is 0 Å². The molecule has 0 N–H and O–H groups in total. The van der Waals surface area contributed by atoms with E-state index in [9.17, 15) is 9.59 Å². The number of rotatable bonds is 3. The average molecular weight is 390 g/mol. The monoisotopic (exact) mass is 390 g/mol. The molecule has 0 amide bonds. The summed E-state index contributed by atoms with van der Waals surface area (Å²) < 4.78 is 16.2. The van der Waals surface area contributed by atoms with Gasteiger partial charge in [0.15, 0.2) is 5.79 Å². The summed E-state index contributed by atoms with van der Waals surface area (Å²) in [5.74, 6) is -0.627. The Balaban J connectivity index is 1.95. The van der Waals surface area contributed by atoms with Crippen molar-refractivity contribution in [3.8, 4) is 10.7 Å². The first-order chi connectivity index (χ1) is 12.7. The molecule has 3 aromatic heterocycles. The second-order valence-corrected chi connectivity index (χ2v) is 8.20. The molecule has 1 saturated heterocycles. The lowest BCUT2D eigenvalue weighted by molar-refractivity contribution is -0.139. The summed E-state index contributed by atoms with van der Waals surface area (Å²) in [5, 5.41) is 3.19. The molecule has 4 rings (SSSR count). The molecule has 4 heterocycles. The molecule has 3 aromatic rings. The number of hydrogen-bond acceptors (Lipinski definition) is 6. The number of hydrogen-bond donors (Lipinski definition) is 0. The molecule has 1 unspecified atom stereocenters. The van der Waals surface area contributed by atoms with Crippen molar-refractivity contribution in [1.82, 2.24) is 18.7 Å². The highest BCUT2D eigenvalue weighted by Gasteiger charge is 2.33. The van der Waals surface area contributed by atoms with Crippen molar-refractivity contribution < 1.29 is 9.47 Å². The summed E-state index contributed by atoms with van der Waals surface area (Å²) >= 11 is 1.48. The molecule has 0 saturated carbocycles. The van der Waals surface area contributed by atoms with Crippen molar-refractivity contribution in [3.05, 3.63) is 38.1 Å².